The Morgan fingerprint density at radius 1 is 0.982 bits per heavy atom. The molecule has 6 N–H and O–H groups in total. The zero-order chi connectivity index (χ0) is 41.1. The molecule has 9 atom stereocenters. The van der Waals surface area contributed by atoms with Gasteiger partial charge in [0.25, 0.3) is 0 Å². The number of hydrogen-bond acceptors (Lipinski definition) is 9. The van der Waals surface area contributed by atoms with Crippen LogP contribution < -0.4 is 21.7 Å². The highest BCUT2D eigenvalue weighted by Crippen LogP contribution is 2.30. The van der Waals surface area contributed by atoms with Gasteiger partial charge in [-0.1, -0.05) is 73.1 Å². The third kappa shape index (κ3) is 11.1. The summed E-state index contributed by atoms with van der Waals surface area (Å²) in [6, 6.07) is 4.84. The number of likely N-dealkylation sites (N-methyl/N-ethyl adjacent to an activating group) is 2. The van der Waals surface area contributed by atoms with Gasteiger partial charge in [0.05, 0.1) is 42.7 Å². The molecule has 1 aromatic carbocycles. The molecule has 1 saturated heterocycles. The largest absolute Gasteiger partial charge is 0.379 e. The number of likely N-dealkylation sites (tertiary alicyclic amines) is 1. The summed E-state index contributed by atoms with van der Waals surface area (Å²) >= 11 is 0. The van der Waals surface area contributed by atoms with E-state index in [0.29, 0.717) is 13.0 Å². The van der Waals surface area contributed by atoms with Crippen LogP contribution in [0.2, 0.25) is 0 Å². The Kier molecular flexibility index (Phi) is 17.3. The molecular formula is C41H67N7O7. The number of ether oxygens (including phenoxy) is 2. The number of benzene rings is 1. The van der Waals surface area contributed by atoms with E-state index in [-0.39, 0.29) is 48.5 Å². The summed E-state index contributed by atoms with van der Waals surface area (Å²) in [5.41, 5.74) is 7.56. The first-order valence-electron chi connectivity index (χ1n) is 19.8. The van der Waals surface area contributed by atoms with E-state index in [1.807, 2.05) is 70.1 Å². The molecule has 1 aliphatic rings. The van der Waals surface area contributed by atoms with Crippen molar-refractivity contribution in [3.63, 3.8) is 0 Å². The van der Waals surface area contributed by atoms with Crippen molar-refractivity contribution in [2.75, 3.05) is 34.9 Å². The number of nitrogens with two attached hydrogens (primary N) is 1. The number of imide groups is 1. The molecule has 0 unspecified atom stereocenters. The van der Waals surface area contributed by atoms with E-state index in [1.165, 1.54) is 7.11 Å². The average Bonchev–Trinajstić information content (AvgIpc) is 3.78. The number of carbonyl (C=O) groups excluding carboxylic acids is 5. The fourth-order valence-corrected chi connectivity index (χ4v) is 8.42. The summed E-state index contributed by atoms with van der Waals surface area (Å²) < 4.78 is 12.0. The summed E-state index contributed by atoms with van der Waals surface area (Å²) in [6.07, 6.45) is 2.98. The molecule has 14 heteroatoms. The second kappa shape index (κ2) is 20.9. The van der Waals surface area contributed by atoms with E-state index in [9.17, 15) is 24.0 Å². The SMILES string of the molecule is CC[C@H](C)[C@@H]([C@@H](CC(=O)N1CCC[C@H]1[C@H](OC)[C@@H](C)C(=O)N[C@@H](Cc1c[nH]c2ccccc12)C(N)=O)OC)N(C)[C@H](C(=O)NC(=O)[C@@H](NC)C(C)C)C(C)C. The van der Waals surface area contributed by atoms with E-state index >= 15 is 0 Å². The van der Waals surface area contributed by atoms with Crippen LogP contribution in [0, 0.1) is 23.7 Å². The van der Waals surface area contributed by atoms with Crippen molar-refractivity contribution < 1.29 is 33.4 Å². The van der Waals surface area contributed by atoms with Gasteiger partial charge < -0.3 is 35.7 Å². The summed E-state index contributed by atoms with van der Waals surface area (Å²) in [7, 11) is 6.66. The highest BCUT2D eigenvalue weighted by atomic mass is 16.5. The highest BCUT2D eigenvalue weighted by molar-refractivity contribution is 6.00. The van der Waals surface area contributed by atoms with E-state index in [4.69, 9.17) is 15.2 Å². The molecule has 0 bridgehead atoms. The maximum absolute atomic E-state index is 14.3. The number of para-hydroxylation sites is 1. The topological polar surface area (TPSA) is 188 Å². The molecule has 2 heterocycles. The molecule has 14 nitrogen and oxygen atoms in total. The molecule has 3 rings (SSSR count). The number of carbonyl (C=O) groups is 5. The first-order valence-corrected chi connectivity index (χ1v) is 19.8. The number of nitrogens with one attached hydrogen (secondary N) is 4. The van der Waals surface area contributed by atoms with Crippen LogP contribution in [0.4, 0.5) is 0 Å². The Morgan fingerprint density at radius 3 is 2.22 bits per heavy atom. The van der Waals surface area contributed by atoms with Gasteiger partial charge in [0.2, 0.25) is 29.5 Å². The fraction of sp³-hybridized carbons (Fsp3) is 0.683. The van der Waals surface area contributed by atoms with Crippen molar-refractivity contribution in [2.24, 2.45) is 29.4 Å². The first-order chi connectivity index (χ1) is 26.0. The molecule has 0 spiro atoms. The minimum Gasteiger partial charge on any atom is -0.379 e. The van der Waals surface area contributed by atoms with Gasteiger partial charge in [-0.15, -0.1) is 0 Å². The molecule has 55 heavy (non-hydrogen) atoms. The van der Waals surface area contributed by atoms with Crippen LogP contribution in [0.1, 0.15) is 79.7 Å². The van der Waals surface area contributed by atoms with Crippen LogP contribution in [-0.4, -0.2) is 122 Å². The third-order valence-corrected chi connectivity index (χ3v) is 11.5. The quantitative estimate of drug-likeness (QED) is 0.127. The predicted octanol–water partition coefficient (Wildman–Crippen LogP) is 2.99. The van der Waals surface area contributed by atoms with Crippen LogP contribution in [0.25, 0.3) is 10.9 Å². The summed E-state index contributed by atoms with van der Waals surface area (Å²) in [5, 5.41) is 9.43. The lowest BCUT2D eigenvalue weighted by Gasteiger charge is -2.43. The molecule has 0 radical (unpaired) electrons. The van der Waals surface area contributed by atoms with Crippen molar-refractivity contribution in [2.45, 2.75) is 123 Å². The van der Waals surface area contributed by atoms with Crippen molar-refractivity contribution in [3.8, 4) is 0 Å². The molecule has 5 amide bonds. The lowest BCUT2D eigenvalue weighted by molar-refractivity contribution is -0.144. The van der Waals surface area contributed by atoms with Crippen molar-refractivity contribution >= 4 is 40.4 Å². The molecule has 0 saturated carbocycles. The minimum atomic E-state index is -0.945. The maximum Gasteiger partial charge on any atom is 0.244 e. The predicted molar refractivity (Wildman–Crippen MR) is 214 cm³/mol. The molecule has 308 valence electrons. The number of fused-ring (bicyclic) bond motifs is 1. The molecular weight excluding hydrogens is 702 g/mol. The van der Waals surface area contributed by atoms with Crippen LogP contribution >= 0.6 is 0 Å². The molecule has 0 aliphatic carbocycles. The van der Waals surface area contributed by atoms with Gasteiger partial charge in [-0.25, -0.2) is 0 Å². The van der Waals surface area contributed by atoms with Gasteiger partial charge in [0, 0.05) is 50.3 Å². The Morgan fingerprint density at radius 2 is 1.65 bits per heavy atom. The number of rotatable bonds is 21. The van der Waals surface area contributed by atoms with E-state index in [0.717, 1.165) is 29.3 Å². The van der Waals surface area contributed by atoms with Gasteiger partial charge in [0.1, 0.15) is 6.04 Å². The second-order valence-corrected chi connectivity index (χ2v) is 15.9. The van der Waals surface area contributed by atoms with Crippen LogP contribution in [0.5, 0.6) is 0 Å². The Labute approximate surface area is 327 Å². The zero-order valence-electron chi connectivity index (χ0n) is 34.8. The van der Waals surface area contributed by atoms with Crippen molar-refractivity contribution in [1.29, 1.82) is 0 Å². The normalized spacial score (nSPS) is 19.2. The number of aromatic amines is 1. The summed E-state index contributed by atoms with van der Waals surface area (Å²) in [4.78, 5) is 74.3. The number of primary amides is 1. The van der Waals surface area contributed by atoms with Crippen LogP contribution in [0.3, 0.4) is 0 Å². The Bertz CT molecular complexity index is 1600. The van der Waals surface area contributed by atoms with E-state index < -0.39 is 60.0 Å². The number of H-pyrrole nitrogens is 1. The van der Waals surface area contributed by atoms with Gasteiger partial charge in [-0.3, -0.25) is 34.2 Å². The summed E-state index contributed by atoms with van der Waals surface area (Å²) in [5.74, 6) is -2.81. The van der Waals surface area contributed by atoms with Gasteiger partial charge in [0.15, 0.2) is 0 Å². The van der Waals surface area contributed by atoms with E-state index in [1.54, 1.807) is 26.0 Å². The van der Waals surface area contributed by atoms with Gasteiger partial charge in [-0.05, 0) is 56.3 Å². The Hall–Kier alpha value is -3.85. The molecule has 1 aromatic heterocycles. The number of amides is 5. The van der Waals surface area contributed by atoms with E-state index in [2.05, 4.69) is 34.8 Å². The lowest BCUT2D eigenvalue weighted by atomic mass is 9.87. The number of hydrogen-bond donors (Lipinski definition) is 5. The highest BCUT2D eigenvalue weighted by Gasteiger charge is 2.43. The monoisotopic (exact) mass is 770 g/mol. The molecule has 1 fully saturated rings. The Balaban J connectivity index is 1.78. The summed E-state index contributed by atoms with van der Waals surface area (Å²) in [6.45, 7) is 14.1. The lowest BCUT2D eigenvalue weighted by Crippen LogP contribution is -2.60. The van der Waals surface area contributed by atoms with Gasteiger partial charge in [-0.2, -0.15) is 0 Å². The van der Waals surface area contributed by atoms with Gasteiger partial charge >= 0.3 is 0 Å². The first kappa shape index (κ1) is 45.5. The number of aromatic nitrogens is 1. The third-order valence-electron chi connectivity index (χ3n) is 11.5. The second-order valence-electron chi connectivity index (χ2n) is 15.9. The zero-order valence-corrected chi connectivity index (χ0v) is 34.8. The number of methoxy groups -OCH3 is 2. The van der Waals surface area contributed by atoms with Crippen LogP contribution in [0.15, 0.2) is 30.5 Å². The smallest absolute Gasteiger partial charge is 0.244 e. The standard InChI is InChI=1S/C41H67N7O7/c1-12-25(6)36(47(9)35(24(4)5)41(53)46-40(52)34(43-8)23(2)3)32(54-10)21-33(49)48-19-15-18-31(48)37(55-11)26(7)39(51)45-30(38(42)50)20-27-22-44-29-17-14-13-16-28(27)29/h13-14,16-17,22-26,30-32,34-37,43-44H,12,15,18-21H2,1-11H3,(H2,42,50)(H,45,51)(H,46,52,53)/t25-,26+,30-,31-,32+,34-,35-,36-,37+/m0/s1. The minimum absolute atomic E-state index is 0.0164. The maximum atomic E-state index is 14.3. The molecule has 2 aromatic rings. The van der Waals surface area contributed by atoms with Crippen molar-refractivity contribution in [3.05, 3.63) is 36.0 Å². The van der Waals surface area contributed by atoms with Crippen molar-refractivity contribution in [1.82, 2.24) is 30.7 Å². The molecule has 1 aliphatic heterocycles. The fourth-order valence-electron chi connectivity index (χ4n) is 8.42. The average molecular weight is 770 g/mol. The van der Waals surface area contributed by atoms with Crippen LogP contribution in [-0.2, 0) is 39.9 Å². The number of nitrogens with zero attached hydrogens (tertiary/aromatic N) is 2.